The highest BCUT2D eigenvalue weighted by atomic mass is 32.1. The Morgan fingerprint density at radius 1 is 1.11 bits per heavy atom. The number of para-hydroxylation sites is 1. The van der Waals surface area contributed by atoms with E-state index < -0.39 is 0 Å². The minimum atomic E-state index is -0.294. The van der Waals surface area contributed by atoms with Crippen LogP contribution in [0, 0.1) is 0 Å². The van der Waals surface area contributed by atoms with Crippen molar-refractivity contribution in [2.75, 3.05) is 26.3 Å². The predicted molar refractivity (Wildman–Crippen MR) is 109 cm³/mol. The number of morpholine rings is 1. The van der Waals surface area contributed by atoms with E-state index in [1.807, 2.05) is 47.4 Å². The van der Waals surface area contributed by atoms with Crippen LogP contribution in [0.2, 0.25) is 0 Å². The maximum atomic E-state index is 13.0. The molecule has 1 aromatic carbocycles. The zero-order chi connectivity index (χ0) is 19.3. The SMILES string of the molecule is O=C(NC(=S)N1CCOCC1)c1cn(-c2ccccc2)nc1-c1cccnc1. The molecule has 142 valence electrons. The molecule has 0 bridgehead atoms. The summed E-state index contributed by atoms with van der Waals surface area (Å²) in [5, 5.41) is 7.86. The van der Waals surface area contributed by atoms with Crippen LogP contribution in [0.3, 0.4) is 0 Å². The zero-order valence-electron chi connectivity index (χ0n) is 15.1. The summed E-state index contributed by atoms with van der Waals surface area (Å²) < 4.78 is 7.02. The van der Waals surface area contributed by atoms with Crippen LogP contribution in [0.5, 0.6) is 0 Å². The van der Waals surface area contributed by atoms with Crippen LogP contribution in [0.25, 0.3) is 16.9 Å². The molecule has 2 aromatic heterocycles. The van der Waals surface area contributed by atoms with Gasteiger partial charge < -0.3 is 9.64 Å². The second kappa shape index (κ2) is 8.28. The molecule has 7 nitrogen and oxygen atoms in total. The number of amides is 1. The van der Waals surface area contributed by atoms with Gasteiger partial charge in [0.05, 0.1) is 24.5 Å². The molecule has 1 fully saturated rings. The van der Waals surface area contributed by atoms with Gasteiger partial charge in [-0.05, 0) is 36.5 Å². The fourth-order valence-electron chi connectivity index (χ4n) is 2.98. The fourth-order valence-corrected chi connectivity index (χ4v) is 3.25. The predicted octanol–water partition coefficient (Wildman–Crippen LogP) is 2.28. The molecule has 0 atom stereocenters. The monoisotopic (exact) mass is 393 g/mol. The third kappa shape index (κ3) is 3.92. The minimum Gasteiger partial charge on any atom is -0.378 e. The van der Waals surface area contributed by atoms with E-state index in [4.69, 9.17) is 17.0 Å². The Labute approximate surface area is 167 Å². The van der Waals surface area contributed by atoms with Crippen LogP contribution in [-0.4, -0.2) is 57.0 Å². The van der Waals surface area contributed by atoms with Crippen LogP contribution in [0.4, 0.5) is 0 Å². The molecule has 3 aromatic rings. The van der Waals surface area contributed by atoms with Gasteiger partial charge in [0.2, 0.25) is 0 Å². The molecule has 0 aliphatic carbocycles. The van der Waals surface area contributed by atoms with Crippen molar-refractivity contribution in [2.24, 2.45) is 0 Å². The van der Waals surface area contributed by atoms with Gasteiger partial charge in [-0.25, -0.2) is 4.68 Å². The van der Waals surface area contributed by atoms with E-state index in [2.05, 4.69) is 15.4 Å². The number of carbonyl (C=O) groups is 1. The van der Waals surface area contributed by atoms with Gasteiger partial charge in [0.25, 0.3) is 5.91 Å². The first kappa shape index (κ1) is 18.3. The van der Waals surface area contributed by atoms with Gasteiger partial charge >= 0.3 is 0 Å². The van der Waals surface area contributed by atoms with Crippen LogP contribution in [0.15, 0.2) is 61.1 Å². The van der Waals surface area contributed by atoms with Gasteiger partial charge in [-0.2, -0.15) is 5.10 Å². The van der Waals surface area contributed by atoms with E-state index in [-0.39, 0.29) is 5.91 Å². The molecule has 0 unspecified atom stereocenters. The lowest BCUT2D eigenvalue weighted by Crippen LogP contribution is -2.47. The maximum Gasteiger partial charge on any atom is 0.261 e. The van der Waals surface area contributed by atoms with E-state index in [0.29, 0.717) is 42.7 Å². The number of aromatic nitrogens is 3. The molecule has 8 heteroatoms. The van der Waals surface area contributed by atoms with Crippen molar-refractivity contribution >= 4 is 23.2 Å². The van der Waals surface area contributed by atoms with Gasteiger partial charge in [0.1, 0.15) is 5.69 Å². The average Bonchev–Trinajstić information content (AvgIpc) is 3.21. The average molecular weight is 393 g/mol. The van der Waals surface area contributed by atoms with Crippen molar-refractivity contribution in [3.8, 4) is 16.9 Å². The quantitative estimate of drug-likeness (QED) is 0.689. The molecule has 0 radical (unpaired) electrons. The van der Waals surface area contributed by atoms with Gasteiger partial charge in [-0.3, -0.25) is 15.1 Å². The zero-order valence-corrected chi connectivity index (χ0v) is 15.9. The Kier molecular flexibility index (Phi) is 5.41. The van der Waals surface area contributed by atoms with Crippen LogP contribution >= 0.6 is 12.2 Å². The largest absolute Gasteiger partial charge is 0.378 e. The number of nitrogens with zero attached hydrogens (tertiary/aromatic N) is 4. The van der Waals surface area contributed by atoms with E-state index in [1.54, 1.807) is 23.3 Å². The topological polar surface area (TPSA) is 72.3 Å². The number of rotatable bonds is 3. The van der Waals surface area contributed by atoms with Crippen LogP contribution in [-0.2, 0) is 4.74 Å². The lowest BCUT2D eigenvalue weighted by atomic mass is 10.1. The smallest absolute Gasteiger partial charge is 0.261 e. The molecular formula is C20H19N5O2S. The number of thiocarbonyl (C=S) groups is 1. The molecule has 1 saturated heterocycles. The number of pyridine rings is 1. The van der Waals surface area contributed by atoms with Crippen LogP contribution < -0.4 is 5.32 Å². The molecule has 28 heavy (non-hydrogen) atoms. The first-order chi connectivity index (χ1) is 13.7. The van der Waals surface area contributed by atoms with Gasteiger partial charge in [-0.15, -0.1) is 0 Å². The van der Waals surface area contributed by atoms with Gasteiger partial charge in [-0.1, -0.05) is 18.2 Å². The maximum absolute atomic E-state index is 13.0. The molecule has 1 amide bonds. The number of ether oxygens (including phenoxy) is 1. The summed E-state index contributed by atoms with van der Waals surface area (Å²) in [6, 6.07) is 13.3. The second-order valence-electron chi connectivity index (χ2n) is 6.27. The molecular weight excluding hydrogens is 374 g/mol. The lowest BCUT2D eigenvalue weighted by molar-refractivity contribution is 0.0669. The van der Waals surface area contributed by atoms with E-state index in [9.17, 15) is 4.79 Å². The molecule has 0 spiro atoms. The number of benzene rings is 1. The number of carbonyl (C=O) groups excluding carboxylic acids is 1. The van der Waals surface area contributed by atoms with Crippen LogP contribution in [0.1, 0.15) is 10.4 Å². The summed E-state index contributed by atoms with van der Waals surface area (Å²) in [5.74, 6) is -0.294. The normalized spacial score (nSPS) is 13.9. The third-order valence-corrected chi connectivity index (χ3v) is 4.79. The summed E-state index contributed by atoms with van der Waals surface area (Å²) in [5.41, 5.74) is 2.62. The standard InChI is InChI=1S/C20H19N5O2S/c26-19(22-20(28)24-9-11-27-12-10-24)17-14-25(16-6-2-1-3-7-16)23-18(17)15-5-4-8-21-13-15/h1-8,13-14H,9-12H2,(H,22,26,28). The van der Waals surface area contributed by atoms with Crippen molar-refractivity contribution in [3.05, 3.63) is 66.6 Å². The van der Waals surface area contributed by atoms with E-state index >= 15 is 0 Å². The number of hydrogen-bond donors (Lipinski definition) is 1. The fraction of sp³-hybridized carbons (Fsp3) is 0.200. The molecule has 4 rings (SSSR count). The Morgan fingerprint density at radius 3 is 2.61 bits per heavy atom. The van der Waals surface area contributed by atoms with E-state index in [0.717, 1.165) is 11.3 Å². The number of nitrogens with one attached hydrogen (secondary N) is 1. The van der Waals surface area contributed by atoms with E-state index in [1.165, 1.54) is 0 Å². The molecule has 3 heterocycles. The third-order valence-electron chi connectivity index (χ3n) is 4.43. The van der Waals surface area contributed by atoms with Crippen molar-refractivity contribution in [1.82, 2.24) is 25.0 Å². The summed E-state index contributed by atoms with van der Waals surface area (Å²) >= 11 is 5.41. The van der Waals surface area contributed by atoms with Crippen molar-refractivity contribution < 1.29 is 9.53 Å². The Bertz CT molecular complexity index is 969. The molecule has 1 N–H and O–H groups in total. The molecule has 1 aliphatic heterocycles. The molecule has 1 aliphatic rings. The summed E-state index contributed by atoms with van der Waals surface area (Å²) in [7, 11) is 0. The number of hydrogen-bond acceptors (Lipinski definition) is 5. The summed E-state index contributed by atoms with van der Waals surface area (Å²) in [4.78, 5) is 19.1. The van der Waals surface area contributed by atoms with Crippen molar-refractivity contribution in [3.63, 3.8) is 0 Å². The van der Waals surface area contributed by atoms with Crippen molar-refractivity contribution in [2.45, 2.75) is 0 Å². The van der Waals surface area contributed by atoms with Crippen molar-refractivity contribution in [1.29, 1.82) is 0 Å². The summed E-state index contributed by atoms with van der Waals surface area (Å²) in [6.45, 7) is 2.53. The highest BCUT2D eigenvalue weighted by molar-refractivity contribution is 7.80. The molecule has 0 saturated carbocycles. The first-order valence-electron chi connectivity index (χ1n) is 8.96. The summed E-state index contributed by atoms with van der Waals surface area (Å²) in [6.07, 6.45) is 5.09. The lowest BCUT2D eigenvalue weighted by Gasteiger charge is -2.28. The second-order valence-corrected chi connectivity index (χ2v) is 6.66. The first-order valence-corrected chi connectivity index (χ1v) is 9.37. The highest BCUT2D eigenvalue weighted by Gasteiger charge is 2.22. The highest BCUT2D eigenvalue weighted by Crippen LogP contribution is 2.23. The minimum absolute atomic E-state index is 0.294. The Hall–Kier alpha value is -3.10. The Morgan fingerprint density at radius 2 is 1.89 bits per heavy atom. The van der Waals surface area contributed by atoms with Gasteiger partial charge in [0.15, 0.2) is 5.11 Å². The van der Waals surface area contributed by atoms with Gasteiger partial charge in [0, 0.05) is 37.2 Å². The Balaban J connectivity index is 1.65.